The first-order valence-corrected chi connectivity index (χ1v) is 7.98. The minimum absolute atomic E-state index is 0.261. The van der Waals surface area contributed by atoms with Gasteiger partial charge in [-0.3, -0.25) is 0 Å². The quantitative estimate of drug-likeness (QED) is 0.911. The van der Waals surface area contributed by atoms with Crippen LogP contribution in [0.2, 0.25) is 0 Å². The first-order chi connectivity index (χ1) is 11.3. The van der Waals surface area contributed by atoms with Gasteiger partial charge in [0.25, 0.3) is 0 Å². The van der Waals surface area contributed by atoms with E-state index >= 15 is 0 Å². The van der Waals surface area contributed by atoms with E-state index in [1.165, 1.54) is 19.3 Å². The fourth-order valence-electron chi connectivity index (χ4n) is 2.63. The van der Waals surface area contributed by atoms with Gasteiger partial charge in [0.05, 0.1) is 6.54 Å². The largest absolute Gasteiger partial charge is 0.357 e. The Morgan fingerprint density at radius 3 is 2.65 bits per heavy atom. The number of amides is 2. The molecular weight excluding hydrogens is 290 g/mol. The summed E-state index contributed by atoms with van der Waals surface area (Å²) in [6.45, 7) is 2.39. The minimum Gasteiger partial charge on any atom is -0.357 e. The van der Waals surface area contributed by atoms with E-state index in [0.717, 1.165) is 24.6 Å². The Balaban J connectivity index is 1.54. The van der Waals surface area contributed by atoms with Crippen LogP contribution in [0.25, 0.3) is 0 Å². The van der Waals surface area contributed by atoms with Gasteiger partial charge < -0.3 is 15.5 Å². The highest BCUT2D eigenvalue weighted by Crippen LogP contribution is 2.16. The standard InChI is InChI=1S/C17H21N5O/c23-17(20-14-7-3-1-4-8-14)19-13-15-18-10-9-16(21-15)22-11-5-2-6-12-22/h1,3-4,7-10H,2,5-6,11-13H2,(H2,19,20,23). The van der Waals surface area contributed by atoms with Crippen molar-refractivity contribution in [2.45, 2.75) is 25.8 Å². The third-order valence-corrected chi connectivity index (χ3v) is 3.81. The molecule has 1 aromatic heterocycles. The molecule has 120 valence electrons. The number of anilines is 2. The molecule has 2 N–H and O–H groups in total. The van der Waals surface area contributed by atoms with Gasteiger partial charge in [-0.25, -0.2) is 14.8 Å². The number of nitrogens with zero attached hydrogens (tertiary/aromatic N) is 3. The first kappa shape index (κ1) is 15.3. The fraction of sp³-hybridized carbons (Fsp3) is 0.353. The molecule has 0 aliphatic carbocycles. The molecule has 2 amide bonds. The lowest BCUT2D eigenvalue weighted by molar-refractivity contribution is 0.251. The van der Waals surface area contributed by atoms with Crippen LogP contribution in [-0.4, -0.2) is 29.1 Å². The molecule has 2 aromatic rings. The van der Waals surface area contributed by atoms with Crippen LogP contribution < -0.4 is 15.5 Å². The number of aromatic nitrogens is 2. The average molecular weight is 311 g/mol. The number of rotatable bonds is 4. The number of carbonyl (C=O) groups is 1. The van der Waals surface area contributed by atoms with E-state index < -0.39 is 0 Å². The maximum Gasteiger partial charge on any atom is 0.319 e. The lowest BCUT2D eigenvalue weighted by Gasteiger charge is -2.27. The lowest BCUT2D eigenvalue weighted by atomic mass is 10.1. The van der Waals surface area contributed by atoms with Crippen molar-refractivity contribution in [3.05, 3.63) is 48.4 Å². The van der Waals surface area contributed by atoms with Gasteiger partial charge in [0.2, 0.25) is 0 Å². The van der Waals surface area contributed by atoms with Gasteiger partial charge in [0.1, 0.15) is 11.6 Å². The summed E-state index contributed by atoms with van der Waals surface area (Å²) in [5.41, 5.74) is 0.757. The zero-order chi connectivity index (χ0) is 15.9. The average Bonchev–Trinajstić information content (AvgIpc) is 2.62. The summed E-state index contributed by atoms with van der Waals surface area (Å²) in [4.78, 5) is 22.9. The van der Waals surface area contributed by atoms with Crippen LogP contribution in [0.4, 0.5) is 16.3 Å². The summed E-state index contributed by atoms with van der Waals surface area (Å²) < 4.78 is 0. The summed E-state index contributed by atoms with van der Waals surface area (Å²) >= 11 is 0. The molecule has 0 saturated carbocycles. The molecule has 1 aliphatic rings. The van der Waals surface area contributed by atoms with Crippen molar-refractivity contribution >= 4 is 17.5 Å². The van der Waals surface area contributed by atoms with E-state index in [0.29, 0.717) is 12.4 Å². The van der Waals surface area contributed by atoms with Crippen LogP contribution in [0.5, 0.6) is 0 Å². The van der Waals surface area contributed by atoms with Gasteiger partial charge in [-0.1, -0.05) is 18.2 Å². The van der Waals surface area contributed by atoms with Crippen LogP contribution in [0.3, 0.4) is 0 Å². The second-order valence-electron chi connectivity index (χ2n) is 5.55. The van der Waals surface area contributed by atoms with E-state index in [1.54, 1.807) is 6.20 Å². The topological polar surface area (TPSA) is 70.2 Å². The third-order valence-electron chi connectivity index (χ3n) is 3.81. The number of piperidine rings is 1. The molecule has 2 heterocycles. The van der Waals surface area contributed by atoms with Crippen molar-refractivity contribution in [3.8, 4) is 0 Å². The second-order valence-corrected chi connectivity index (χ2v) is 5.55. The lowest BCUT2D eigenvalue weighted by Crippen LogP contribution is -2.31. The maximum atomic E-state index is 11.9. The Kier molecular flexibility index (Phi) is 5.03. The molecule has 0 spiro atoms. The highest BCUT2D eigenvalue weighted by Gasteiger charge is 2.13. The molecular formula is C17H21N5O. The van der Waals surface area contributed by atoms with E-state index in [-0.39, 0.29) is 6.03 Å². The highest BCUT2D eigenvalue weighted by atomic mass is 16.2. The summed E-state index contributed by atoms with van der Waals surface area (Å²) in [6.07, 6.45) is 5.45. The van der Waals surface area contributed by atoms with Gasteiger partial charge in [0, 0.05) is 25.0 Å². The molecule has 23 heavy (non-hydrogen) atoms. The van der Waals surface area contributed by atoms with Gasteiger partial charge in [0.15, 0.2) is 0 Å². The first-order valence-electron chi connectivity index (χ1n) is 7.98. The van der Waals surface area contributed by atoms with Crippen molar-refractivity contribution in [2.24, 2.45) is 0 Å². The van der Waals surface area contributed by atoms with Crippen molar-refractivity contribution in [1.82, 2.24) is 15.3 Å². The molecule has 1 fully saturated rings. The Hall–Kier alpha value is -2.63. The number of hydrogen-bond donors (Lipinski definition) is 2. The van der Waals surface area contributed by atoms with Crippen molar-refractivity contribution in [3.63, 3.8) is 0 Å². The summed E-state index contributed by atoms with van der Waals surface area (Å²) in [7, 11) is 0. The van der Waals surface area contributed by atoms with Gasteiger partial charge in [-0.05, 0) is 37.5 Å². The maximum absolute atomic E-state index is 11.9. The molecule has 6 nitrogen and oxygen atoms in total. The van der Waals surface area contributed by atoms with Gasteiger partial charge in [-0.15, -0.1) is 0 Å². The summed E-state index contributed by atoms with van der Waals surface area (Å²) in [5, 5.41) is 5.56. The molecule has 1 aromatic carbocycles. The zero-order valence-corrected chi connectivity index (χ0v) is 13.0. The van der Waals surface area contributed by atoms with Crippen molar-refractivity contribution < 1.29 is 4.79 Å². The molecule has 0 bridgehead atoms. The van der Waals surface area contributed by atoms with Gasteiger partial charge in [-0.2, -0.15) is 0 Å². The molecule has 3 rings (SSSR count). The molecule has 1 saturated heterocycles. The number of hydrogen-bond acceptors (Lipinski definition) is 4. The zero-order valence-electron chi connectivity index (χ0n) is 13.0. The Labute approximate surface area is 135 Å². The summed E-state index contributed by atoms with van der Waals surface area (Å²) in [6, 6.07) is 11.0. The smallest absolute Gasteiger partial charge is 0.319 e. The second kappa shape index (κ2) is 7.58. The minimum atomic E-state index is -0.261. The SMILES string of the molecule is O=C(NCc1nccc(N2CCCCC2)n1)Nc1ccccc1. The number of para-hydroxylation sites is 1. The van der Waals surface area contributed by atoms with Gasteiger partial charge >= 0.3 is 6.03 Å². The monoisotopic (exact) mass is 311 g/mol. The van der Waals surface area contributed by atoms with Crippen LogP contribution in [0.15, 0.2) is 42.6 Å². The number of nitrogens with one attached hydrogen (secondary N) is 2. The highest BCUT2D eigenvalue weighted by molar-refractivity contribution is 5.89. The predicted octanol–water partition coefficient (Wildman–Crippen LogP) is 2.79. The molecule has 0 unspecified atom stereocenters. The Bertz CT molecular complexity index is 640. The number of urea groups is 1. The predicted molar refractivity (Wildman–Crippen MR) is 90.4 cm³/mol. The third kappa shape index (κ3) is 4.42. The molecule has 0 atom stereocenters. The Morgan fingerprint density at radius 1 is 1.09 bits per heavy atom. The van der Waals surface area contributed by atoms with E-state index in [2.05, 4.69) is 25.5 Å². The van der Waals surface area contributed by atoms with E-state index in [4.69, 9.17) is 0 Å². The van der Waals surface area contributed by atoms with E-state index in [9.17, 15) is 4.79 Å². The van der Waals surface area contributed by atoms with Crippen LogP contribution in [0.1, 0.15) is 25.1 Å². The van der Waals surface area contributed by atoms with Crippen molar-refractivity contribution in [1.29, 1.82) is 0 Å². The number of benzene rings is 1. The van der Waals surface area contributed by atoms with Crippen molar-refractivity contribution in [2.75, 3.05) is 23.3 Å². The fourth-order valence-corrected chi connectivity index (χ4v) is 2.63. The summed E-state index contributed by atoms with van der Waals surface area (Å²) in [5.74, 6) is 1.57. The Morgan fingerprint density at radius 2 is 1.87 bits per heavy atom. The number of carbonyl (C=O) groups excluding carboxylic acids is 1. The van der Waals surface area contributed by atoms with E-state index in [1.807, 2.05) is 36.4 Å². The van der Waals surface area contributed by atoms with Crippen LogP contribution in [-0.2, 0) is 6.54 Å². The normalized spacial score (nSPS) is 14.3. The van der Waals surface area contributed by atoms with Crippen LogP contribution in [0, 0.1) is 0 Å². The molecule has 1 aliphatic heterocycles. The van der Waals surface area contributed by atoms with Crippen LogP contribution >= 0.6 is 0 Å². The molecule has 6 heteroatoms. The molecule has 0 radical (unpaired) electrons.